The summed E-state index contributed by atoms with van der Waals surface area (Å²) in [4.78, 5) is 12.7. The third kappa shape index (κ3) is 3.24. The van der Waals surface area contributed by atoms with Crippen LogP contribution in [0.15, 0.2) is 36.4 Å². The van der Waals surface area contributed by atoms with Gasteiger partial charge >= 0.3 is 5.97 Å². The van der Waals surface area contributed by atoms with Crippen LogP contribution in [0.4, 0.5) is 0 Å². The molecule has 2 aromatic carbocycles. The quantitative estimate of drug-likeness (QED) is 0.831. The Hall–Kier alpha value is -2.41. The average Bonchev–Trinajstić information content (AvgIpc) is 2.83. The molecule has 0 saturated heterocycles. The number of nitrogens with zero attached hydrogens (tertiary/aromatic N) is 1. The molecule has 1 heterocycles. The predicted octanol–water partition coefficient (Wildman–Crippen LogP) is 2.57. The molecule has 2 N–H and O–H groups in total. The molecule has 0 fully saturated rings. The monoisotopic (exact) mass is 343 g/mol. The average molecular weight is 343 g/mol. The molecule has 1 aliphatic rings. The topological polar surface area (TPSA) is 79.2 Å². The van der Waals surface area contributed by atoms with Gasteiger partial charge in [-0.2, -0.15) is 0 Å². The van der Waals surface area contributed by atoms with Crippen LogP contribution in [0.2, 0.25) is 0 Å². The lowest BCUT2D eigenvalue weighted by atomic mass is 10.1. The van der Waals surface area contributed by atoms with Gasteiger partial charge in [0.15, 0.2) is 0 Å². The van der Waals surface area contributed by atoms with E-state index in [1.165, 1.54) is 12.0 Å². The van der Waals surface area contributed by atoms with E-state index < -0.39 is 18.4 Å². The van der Waals surface area contributed by atoms with E-state index in [0.29, 0.717) is 16.9 Å². The molecule has 25 heavy (non-hydrogen) atoms. The number of hydrogen-bond donors (Lipinski definition) is 2. The largest absolute Gasteiger partial charge is 0.468 e. The molecule has 3 rings (SSSR count). The van der Waals surface area contributed by atoms with Crippen molar-refractivity contribution in [3.63, 3.8) is 0 Å². The number of methoxy groups -OCH3 is 1. The van der Waals surface area contributed by atoms with E-state index in [1.54, 1.807) is 18.2 Å². The number of aryl methyl sites for hydroxylation is 2. The molecule has 6 heteroatoms. The Morgan fingerprint density at radius 1 is 1.08 bits per heavy atom. The molecule has 0 aliphatic carbocycles. The summed E-state index contributed by atoms with van der Waals surface area (Å²) in [6, 6.07) is 11.0. The van der Waals surface area contributed by atoms with Crippen molar-refractivity contribution in [3.05, 3.63) is 58.7 Å². The van der Waals surface area contributed by atoms with Crippen LogP contribution in [0.5, 0.6) is 11.5 Å². The van der Waals surface area contributed by atoms with E-state index in [-0.39, 0.29) is 6.54 Å². The number of carbonyl (C=O) groups excluding carboxylic acids is 1. The zero-order valence-corrected chi connectivity index (χ0v) is 14.4. The Labute approximate surface area is 146 Å². The van der Waals surface area contributed by atoms with Gasteiger partial charge in [0.25, 0.3) is 0 Å². The molecular weight excluding hydrogens is 322 g/mol. The van der Waals surface area contributed by atoms with Gasteiger partial charge in [-0.05, 0) is 37.1 Å². The lowest BCUT2D eigenvalue weighted by Gasteiger charge is -2.22. The molecule has 0 saturated carbocycles. The number of para-hydroxylation sites is 1. The van der Waals surface area contributed by atoms with Crippen LogP contribution in [0.1, 0.15) is 34.7 Å². The van der Waals surface area contributed by atoms with E-state index in [9.17, 15) is 15.0 Å². The van der Waals surface area contributed by atoms with E-state index >= 15 is 0 Å². The van der Waals surface area contributed by atoms with Crippen molar-refractivity contribution in [1.82, 2.24) is 4.90 Å². The fourth-order valence-corrected chi connectivity index (χ4v) is 3.03. The summed E-state index contributed by atoms with van der Waals surface area (Å²) in [6.45, 7) is 3.72. The second kappa shape index (κ2) is 6.84. The maximum Gasteiger partial charge on any atom is 0.320 e. The van der Waals surface area contributed by atoms with Crippen LogP contribution in [0.25, 0.3) is 0 Å². The molecule has 0 amide bonds. The summed E-state index contributed by atoms with van der Waals surface area (Å²) in [7, 11) is 1.26. The molecular formula is C19H21NO5. The number of benzene rings is 2. The van der Waals surface area contributed by atoms with Crippen LogP contribution in [0.3, 0.4) is 0 Å². The summed E-state index contributed by atoms with van der Waals surface area (Å²) in [6.07, 6.45) is -2.18. The standard InChI is InChI=1S/C19H21NO5/c1-11-5-4-6-12(2)17(11)25-13-7-8-14-15(9-13)19(23)20(18(14)22)10-16(21)24-3/h4-9,18-19,22-23H,10H2,1-3H3. The summed E-state index contributed by atoms with van der Waals surface area (Å²) < 4.78 is 10.6. The van der Waals surface area contributed by atoms with Gasteiger partial charge in [0, 0.05) is 11.1 Å². The van der Waals surface area contributed by atoms with Crippen molar-refractivity contribution < 1.29 is 24.5 Å². The van der Waals surface area contributed by atoms with Crippen molar-refractivity contribution in [3.8, 4) is 11.5 Å². The van der Waals surface area contributed by atoms with Crippen molar-refractivity contribution in [2.45, 2.75) is 26.3 Å². The van der Waals surface area contributed by atoms with Crippen LogP contribution in [-0.4, -0.2) is 34.7 Å². The number of rotatable bonds is 4. The third-order valence-electron chi connectivity index (χ3n) is 4.41. The zero-order chi connectivity index (χ0) is 18.1. The van der Waals surface area contributed by atoms with Gasteiger partial charge in [-0.3, -0.25) is 4.79 Å². The molecule has 6 nitrogen and oxygen atoms in total. The zero-order valence-electron chi connectivity index (χ0n) is 14.4. The third-order valence-corrected chi connectivity index (χ3v) is 4.41. The van der Waals surface area contributed by atoms with Crippen molar-refractivity contribution in [2.24, 2.45) is 0 Å². The first kappa shape index (κ1) is 17.4. The number of carbonyl (C=O) groups is 1. The first-order valence-electron chi connectivity index (χ1n) is 7.99. The Morgan fingerprint density at radius 3 is 2.36 bits per heavy atom. The highest BCUT2D eigenvalue weighted by Gasteiger charge is 2.38. The molecule has 132 valence electrons. The SMILES string of the molecule is COC(=O)CN1C(O)c2ccc(Oc3c(C)cccc3C)cc2C1O. The minimum atomic E-state index is -1.11. The summed E-state index contributed by atoms with van der Waals surface area (Å²) >= 11 is 0. The summed E-state index contributed by atoms with van der Waals surface area (Å²) in [5, 5.41) is 20.8. The molecule has 0 radical (unpaired) electrons. The predicted molar refractivity (Wildman–Crippen MR) is 91.1 cm³/mol. The van der Waals surface area contributed by atoms with Crippen molar-refractivity contribution >= 4 is 5.97 Å². The molecule has 0 aromatic heterocycles. The highest BCUT2D eigenvalue weighted by molar-refractivity contribution is 5.71. The van der Waals surface area contributed by atoms with Gasteiger partial charge in [-0.1, -0.05) is 24.3 Å². The van der Waals surface area contributed by atoms with Gasteiger partial charge in [-0.25, -0.2) is 4.90 Å². The molecule has 1 aliphatic heterocycles. The lowest BCUT2D eigenvalue weighted by molar-refractivity contribution is -0.152. The number of aliphatic hydroxyl groups is 2. The molecule has 0 bridgehead atoms. The number of hydrogen-bond acceptors (Lipinski definition) is 6. The fraction of sp³-hybridized carbons (Fsp3) is 0.316. The van der Waals surface area contributed by atoms with Crippen LogP contribution in [-0.2, 0) is 9.53 Å². The second-order valence-corrected chi connectivity index (χ2v) is 6.11. The first-order valence-corrected chi connectivity index (χ1v) is 7.99. The maximum absolute atomic E-state index is 11.5. The minimum absolute atomic E-state index is 0.208. The first-order chi connectivity index (χ1) is 11.9. The Morgan fingerprint density at radius 2 is 1.72 bits per heavy atom. The summed E-state index contributed by atoms with van der Waals surface area (Å²) in [5.74, 6) is 0.794. The van der Waals surface area contributed by atoms with Crippen molar-refractivity contribution in [2.75, 3.05) is 13.7 Å². The Balaban J connectivity index is 1.88. The van der Waals surface area contributed by atoms with Gasteiger partial charge in [-0.15, -0.1) is 0 Å². The smallest absolute Gasteiger partial charge is 0.320 e. The summed E-state index contributed by atoms with van der Waals surface area (Å²) in [5.41, 5.74) is 3.08. The van der Waals surface area contributed by atoms with E-state index in [1.807, 2.05) is 32.0 Å². The molecule has 0 spiro atoms. The highest BCUT2D eigenvalue weighted by Crippen LogP contribution is 2.41. The van der Waals surface area contributed by atoms with E-state index in [4.69, 9.17) is 4.74 Å². The number of esters is 1. The molecule has 2 aromatic rings. The van der Waals surface area contributed by atoms with E-state index in [2.05, 4.69) is 4.74 Å². The number of aliphatic hydroxyl groups excluding tert-OH is 2. The second-order valence-electron chi connectivity index (χ2n) is 6.11. The highest BCUT2D eigenvalue weighted by atomic mass is 16.5. The van der Waals surface area contributed by atoms with Crippen molar-refractivity contribution in [1.29, 1.82) is 0 Å². The molecule has 2 unspecified atom stereocenters. The fourth-order valence-electron chi connectivity index (χ4n) is 3.03. The minimum Gasteiger partial charge on any atom is -0.468 e. The molecule has 2 atom stereocenters. The van der Waals surface area contributed by atoms with E-state index in [0.717, 1.165) is 16.9 Å². The lowest BCUT2D eigenvalue weighted by Crippen LogP contribution is -2.32. The van der Waals surface area contributed by atoms with Gasteiger partial charge < -0.3 is 19.7 Å². The van der Waals surface area contributed by atoms with Gasteiger partial charge in [0.1, 0.15) is 30.5 Å². The number of ether oxygens (including phenoxy) is 2. The van der Waals surface area contributed by atoms with Gasteiger partial charge in [0.2, 0.25) is 0 Å². The van der Waals surface area contributed by atoms with Crippen LogP contribution in [0, 0.1) is 13.8 Å². The maximum atomic E-state index is 11.5. The number of fused-ring (bicyclic) bond motifs is 1. The van der Waals surface area contributed by atoms with Crippen LogP contribution < -0.4 is 4.74 Å². The Kier molecular flexibility index (Phi) is 4.76. The Bertz CT molecular complexity index is 784. The van der Waals surface area contributed by atoms with Gasteiger partial charge in [0.05, 0.1) is 7.11 Å². The van der Waals surface area contributed by atoms with Crippen LogP contribution >= 0.6 is 0 Å². The normalized spacial score (nSPS) is 19.6.